The second-order valence-electron chi connectivity index (χ2n) is 3.37. The molecule has 0 aliphatic carbocycles. The van der Waals surface area contributed by atoms with Crippen molar-refractivity contribution < 1.29 is 14.3 Å². The van der Waals surface area contributed by atoms with Crippen LogP contribution < -0.4 is 9.47 Å². The van der Waals surface area contributed by atoms with E-state index in [-0.39, 0.29) is 12.2 Å². The van der Waals surface area contributed by atoms with Gasteiger partial charge in [0.05, 0.1) is 26.2 Å². The van der Waals surface area contributed by atoms with Crippen LogP contribution in [-0.4, -0.2) is 30.0 Å². The quantitative estimate of drug-likeness (QED) is 0.751. The van der Waals surface area contributed by atoms with Crippen molar-refractivity contribution in [2.75, 3.05) is 14.2 Å². The first-order valence-electron chi connectivity index (χ1n) is 5.09. The molecule has 1 aromatic rings. The Labute approximate surface area is 94.8 Å². The van der Waals surface area contributed by atoms with Crippen LogP contribution in [0.2, 0.25) is 0 Å². The Hall–Kier alpha value is -1.65. The molecule has 0 aliphatic heterocycles. The maximum Gasteiger partial charge on any atom is 0.223 e. The van der Waals surface area contributed by atoms with Gasteiger partial charge >= 0.3 is 0 Å². The number of carbonyl (C=O) groups excluding carboxylic acids is 1. The average Bonchev–Trinajstić information content (AvgIpc) is 2.26. The van der Waals surface area contributed by atoms with Crippen LogP contribution in [-0.2, 0) is 17.6 Å². The van der Waals surface area contributed by atoms with Gasteiger partial charge < -0.3 is 9.47 Å². The summed E-state index contributed by atoms with van der Waals surface area (Å²) < 4.78 is 10.3. The van der Waals surface area contributed by atoms with E-state index in [4.69, 9.17) is 9.47 Å². The summed E-state index contributed by atoms with van der Waals surface area (Å²) >= 11 is 0. The molecule has 0 atom stereocenters. The molecule has 0 radical (unpaired) electrons. The largest absolute Gasteiger partial charge is 0.481 e. The Morgan fingerprint density at radius 1 is 1.19 bits per heavy atom. The van der Waals surface area contributed by atoms with E-state index in [2.05, 4.69) is 9.97 Å². The van der Waals surface area contributed by atoms with Crippen LogP contribution in [0.15, 0.2) is 0 Å². The lowest BCUT2D eigenvalue weighted by atomic mass is 10.2. The maximum absolute atomic E-state index is 11.0. The van der Waals surface area contributed by atoms with E-state index in [1.54, 1.807) is 14.2 Å². The normalized spacial score (nSPS) is 10.0. The van der Waals surface area contributed by atoms with Gasteiger partial charge in [-0.05, 0) is 13.3 Å². The van der Waals surface area contributed by atoms with Crippen molar-refractivity contribution >= 4 is 5.78 Å². The number of aromatic nitrogens is 2. The Morgan fingerprint density at radius 3 is 2.00 bits per heavy atom. The molecular formula is C11H16N2O3. The predicted molar refractivity (Wildman–Crippen MR) is 58.9 cm³/mol. The van der Waals surface area contributed by atoms with E-state index in [9.17, 15) is 4.79 Å². The summed E-state index contributed by atoms with van der Waals surface area (Å²) in [5.74, 6) is 1.39. The van der Waals surface area contributed by atoms with Gasteiger partial charge in [0.25, 0.3) is 0 Å². The molecule has 0 aliphatic rings. The molecule has 88 valence electrons. The van der Waals surface area contributed by atoms with E-state index < -0.39 is 0 Å². The van der Waals surface area contributed by atoms with Gasteiger partial charge in [0.15, 0.2) is 0 Å². The highest BCUT2D eigenvalue weighted by atomic mass is 16.5. The van der Waals surface area contributed by atoms with Gasteiger partial charge in [0.1, 0.15) is 11.6 Å². The molecule has 1 rings (SSSR count). The number of carbonyl (C=O) groups is 1. The fraction of sp³-hybridized carbons (Fsp3) is 0.545. The van der Waals surface area contributed by atoms with E-state index in [1.165, 1.54) is 6.92 Å². The van der Waals surface area contributed by atoms with Gasteiger partial charge in [-0.3, -0.25) is 4.79 Å². The Balaban J connectivity index is 3.20. The van der Waals surface area contributed by atoms with Gasteiger partial charge in [0.2, 0.25) is 11.8 Å². The van der Waals surface area contributed by atoms with Crippen molar-refractivity contribution in [3.05, 3.63) is 11.4 Å². The number of Topliss-reactive ketones (excluding diaryl/α,β-unsaturated/α-hetero) is 1. The molecule has 16 heavy (non-hydrogen) atoms. The number of methoxy groups -OCH3 is 2. The monoisotopic (exact) mass is 224 g/mol. The number of ketones is 1. The first-order valence-corrected chi connectivity index (χ1v) is 5.09. The second-order valence-corrected chi connectivity index (χ2v) is 3.37. The van der Waals surface area contributed by atoms with Gasteiger partial charge in [-0.25, -0.2) is 0 Å². The smallest absolute Gasteiger partial charge is 0.223 e. The topological polar surface area (TPSA) is 61.3 Å². The second kappa shape index (κ2) is 5.44. The van der Waals surface area contributed by atoms with Gasteiger partial charge in [-0.2, -0.15) is 9.97 Å². The molecule has 0 fully saturated rings. The van der Waals surface area contributed by atoms with Crippen molar-refractivity contribution in [3.8, 4) is 11.8 Å². The van der Waals surface area contributed by atoms with Crippen molar-refractivity contribution in [1.82, 2.24) is 9.97 Å². The van der Waals surface area contributed by atoms with Crippen LogP contribution in [0.4, 0.5) is 0 Å². The summed E-state index contributed by atoms with van der Waals surface area (Å²) in [5, 5.41) is 0. The van der Waals surface area contributed by atoms with Crippen LogP contribution >= 0.6 is 0 Å². The molecule has 0 aromatic carbocycles. The van der Waals surface area contributed by atoms with Gasteiger partial charge in [0, 0.05) is 0 Å². The highest BCUT2D eigenvalue weighted by Crippen LogP contribution is 2.25. The summed E-state index contributed by atoms with van der Waals surface area (Å²) in [6.45, 7) is 3.46. The van der Waals surface area contributed by atoms with Crippen LogP contribution in [0.1, 0.15) is 25.2 Å². The van der Waals surface area contributed by atoms with Crippen LogP contribution in [0.5, 0.6) is 11.8 Å². The predicted octanol–water partition coefficient (Wildman–Crippen LogP) is 1.19. The fourth-order valence-electron chi connectivity index (χ4n) is 1.43. The first kappa shape index (κ1) is 12.4. The zero-order chi connectivity index (χ0) is 12.1. The lowest BCUT2D eigenvalue weighted by Gasteiger charge is -2.11. The SMILES string of the molecule is CCc1c(OC)nc(CC(C)=O)nc1OC. The molecule has 0 amide bonds. The minimum absolute atomic E-state index is 0.00774. The van der Waals surface area contributed by atoms with E-state index in [0.717, 1.165) is 5.56 Å². The molecule has 0 bridgehead atoms. The third kappa shape index (κ3) is 2.68. The number of hydrogen-bond acceptors (Lipinski definition) is 5. The summed E-state index contributed by atoms with van der Waals surface area (Å²) in [7, 11) is 3.08. The molecule has 0 saturated heterocycles. The Kier molecular flexibility index (Phi) is 4.22. The number of nitrogens with zero attached hydrogens (tertiary/aromatic N) is 2. The molecule has 1 heterocycles. The zero-order valence-electron chi connectivity index (χ0n) is 10.0. The molecule has 5 heteroatoms. The van der Waals surface area contributed by atoms with Gasteiger partial charge in [-0.1, -0.05) is 6.92 Å². The molecule has 5 nitrogen and oxygen atoms in total. The zero-order valence-corrected chi connectivity index (χ0v) is 10.0. The number of hydrogen-bond donors (Lipinski definition) is 0. The summed E-state index contributed by atoms with van der Waals surface area (Å²) in [5.41, 5.74) is 0.817. The maximum atomic E-state index is 11.0. The van der Waals surface area contributed by atoms with E-state index in [1.807, 2.05) is 6.92 Å². The Morgan fingerprint density at radius 2 is 1.69 bits per heavy atom. The molecule has 0 unspecified atom stereocenters. The molecular weight excluding hydrogens is 208 g/mol. The highest BCUT2D eigenvalue weighted by molar-refractivity contribution is 5.77. The van der Waals surface area contributed by atoms with E-state index in [0.29, 0.717) is 24.0 Å². The highest BCUT2D eigenvalue weighted by Gasteiger charge is 2.14. The Bertz CT molecular complexity index is 366. The third-order valence-corrected chi connectivity index (χ3v) is 2.12. The molecule has 0 spiro atoms. The van der Waals surface area contributed by atoms with Crippen molar-refractivity contribution in [2.24, 2.45) is 0 Å². The third-order valence-electron chi connectivity index (χ3n) is 2.12. The van der Waals surface area contributed by atoms with Crippen molar-refractivity contribution in [2.45, 2.75) is 26.7 Å². The summed E-state index contributed by atoms with van der Waals surface area (Å²) in [6, 6.07) is 0. The first-order chi connectivity index (χ1) is 7.62. The van der Waals surface area contributed by atoms with Crippen molar-refractivity contribution in [3.63, 3.8) is 0 Å². The number of rotatable bonds is 5. The molecule has 1 aromatic heterocycles. The van der Waals surface area contributed by atoms with Crippen molar-refractivity contribution in [1.29, 1.82) is 0 Å². The van der Waals surface area contributed by atoms with Crippen LogP contribution in [0, 0.1) is 0 Å². The number of ether oxygens (including phenoxy) is 2. The van der Waals surface area contributed by atoms with E-state index >= 15 is 0 Å². The van der Waals surface area contributed by atoms with Crippen LogP contribution in [0.3, 0.4) is 0 Å². The fourth-order valence-corrected chi connectivity index (χ4v) is 1.43. The average molecular weight is 224 g/mol. The minimum atomic E-state index is 0.00774. The lowest BCUT2D eigenvalue weighted by Crippen LogP contribution is -2.08. The summed E-state index contributed by atoms with van der Waals surface area (Å²) in [4.78, 5) is 19.4. The molecule has 0 saturated carbocycles. The standard InChI is InChI=1S/C11H16N2O3/c1-5-8-10(15-3)12-9(6-7(2)14)13-11(8)16-4/h5-6H2,1-4H3. The lowest BCUT2D eigenvalue weighted by molar-refractivity contribution is -0.116. The summed E-state index contributed by atoms with van der Waals surface area (Å²) in [6.07, 6.45) is 0.906. The van der Waals surface area contributed by atoms with Crippen LogP contribution in [0.25, 0.3) is 0 Å². The molecule has 0 N–H and O–H groups in total. The van der Waals surface area contributed by atoms with Gasteiger partial charge in [-0.15, -0.1) is 0 Å². The minimum Gasteiger partial charge on any atom is -0.481 e.